The summed E-state index contributed by atoms with van der Waals surface area (Å²) in [6.45, 7) is 5.44. The van der Waals surface area contributed by atoms with Gasteiger partial charge in [-0.25, -0.2) is 9.37 Å². The number of nitriles is 1. The van der Waals surface area contributed by atoms with Crippen LogP contribution in [0.15, 0.2) is 30.7 Å². The van der Waals surface area contributed by atoms with Crippen LogP contribution in [-0.4, -0.2) is 79.7 Å². The first-order valence-corrected chi connectivity index (χ1v) is 12.2. The summed E-state index contributed by atoms with van der Waals surface area (Å²) >= 11 is 0. The van der Waals surface area contributed by atoms with Crippen molar-refractivity contribution >= 4 is 5.91 Å². The molecule has 11 heteroatoms. The lowest BCUT2D eigenvalue weighted by Crippen LogP contribution is -2.63. The van der Waals surface area contributed by atoms with Crippen LogP contribution in [0, 0.1) is 24.1 Å². The molecule has 2 aromatic heterocycles. The van der Waals surface area contributed by atoms with E-state index in [1.54, 1.807) is 19.2 Å². The molecule has 0 saturated carbocycles. The molecule has 1 amide bonds. The molecule has 2 fully saturated rings. The molecule has 1 aromatic carbocycles. The monoisotopic (exact) mass is 487 g/mol. The summed E-state index contributed by atoms with van der Waals surface area (Å²) in [4.78, 5) is 22.4. The van der Waals surface area contributed by atoms with Crippen molar-refractivity contribution in [2.24, 2.45) is 0 Å². The van der Waals surface area contributed by atoms with Gasteiger partial charge in [0.2, 0.25) is 5.91 Å². The Morgan fingerprint density at radius 2 is 2.14 bits per heavy atom. The molecule has 10 nitrogen and oxygen atoms in total. The van der Waals surface area contributed by atoms with E-state index in [0.29, 0.717) is 24.5 Å². The average molecular weight is 488 g/mol. The largest absolute Gasteiger partial charge is 0.339 e. The number of aromatic nitrogens is 5. The Morgan fingerprint density at radius 1 is 1.25 bits per heavy atom. The Balaban J connectivity index is 1.12. The van der Waals surface area contributed by atoms with E-state index in [9.17, 15) is 14.4 Å². The molecular formula is C25H26FN9O. The molecule has 0 spiro atoms. The zero-order valence-corrected chi connectivity index (χ0v) is 19.9. The van der Waals surface area contributed by atoms with E-state index in [4.69, 9.17) is 0 Å². The zero-order valence-electron chi connectivity index (χ0n) is 19.9. The number of pyridine rings is 1. The van der Waals surface area contributed by atoms with Gasteiger partial charge in [-0.1, -0.05) is 6.07 Å². The minimum Gasteiger partial charge on any atom is -0.339 e. The van der Waals surface area contributed by atoms with Gasteiger partial charge in [-0.05, 0) is 64.6 Å². The van der Waals surface area contributed by atoms with Crippen LogP contribution in [0.3, 0.4) is 0 Å². The molecule has 0 bridgehead atoms. The number of hydrogen-bond acceptors (Lipinski definition) is 8. The van der Waals surface area contributed by atoms with Gasteiger partial charge in [0.25, 0.3) is 0 Å². The third-order valence-electron chi connectivity index (χ3n) is 7.85. The standard InChI is InChI=1S/C25H26FN9O/c1-15-18(4-5-22(26)20(15)9-27)23-13-33-6-7-34(12-17(33)10-28-23)25(36)19-3-2-16-8-24(29-11-21(16)19)35-14-30-31-32-35/h4-5,8,11,14,17,19,23,28H,2-3,6-7,10,12-13H2,1H3/t17-,19?,23-/m0/s1. The fraction of sp³-hybridized carbons (Fsp3) is 0.440. The summed E-state index contributed by atoms with van der Waals surface area (Å²) < 4.78 is 15.5. The van der Waals surface area contributed by atoms with Crippen molar-refractivity contribution in [3.05, 3.63) is 64.4 Å². The number of nitrogens with zero attached hydrogens (tertiary/aromatic N) is 8. The Morgan fingerprint density at radius 3 is 2.94 bits per heavy atom. The first-order valence-electron chi connectivity index (χ1n) is 12.2. The van der Waals surface area contributed by atoms with Gasteiger partial charge < -0.3 is 10.2 Å². The normalized spacial score (nSPS) is 23.7. The van der Waals surface area contributed by atoms with Crippen LogP contribution in [0.25, 0.3) is 5.82 Å². The van der Waals surface area contributed by atoms with Crippen LogP contribution >= 0.6 is 0 Å². The second-order valence-electron chi connectivity index (χ2n) is 9.73. The molecule has 36 heavy (non-hydrogen) atoms. The minimum atomic E-state index is -0.477. The van der Waals surface area contributed by atoms with Gasteiger partial charge in [-0.2, -0.15) is 9.94 Å². The van der Waals surface area contributed by atoms with E-state index in [2.05, 4.69) is 30.7 Å². The highest BCUT2D eigenvalue weighted by Gasteiger charge is 2.39. The lowest BCUT2D eigenvalue weighted by molar-refractivity contribution is -0.136. The molecule has 4 heterocycles. The lowest BCUT2D eigenvalue weighted by atomic mass is 9.93. The fourth-order valence-corrected chi connectivity index (χ4v) is 5.87. The van der Waals surface area contributed by atoms with Crippen LogP contribution in [-0.2, 0) is 11.2 Å². The number of halogens is 1. The van der Waals surface area contributed by atoms with E-state index >= 15 is 0 Å². The molecule has 3 atom stereocenters. The molecule has 3 aromatic rings. The number of carbonyl (C=O) groups excluding carboxylic acids is 1. The number of carbonyl (C=O) groups is 1. The topological polar surface area (TPSA) is 116 Å². The maximum absolute atomic E-state index is 14.0. The van der Waals surface area contributed by atoms with Crippen molar-refractivity contribution in [2.45, 2.75) is 37.8 Å². The lowest BCUT2D eigenvalue weighted by Gasteiger charge is -2.47. The number of amides is 1. The number of hydrogen-bond donors (Lipinski definition) is 1. The predicted octanol–water partition coefficient (Wildman–Crippen LogP) is 1.26. The molecule has 1 unspecified atom stereocenters. The van der Waals surface area contributed by atoms with Gasteiger partial charge in [0.15, 0.2) is 5.82 Å². The second kappa shape index (κ2) is 9.04. The van der Waals surface area contributed by atoms with Crippen molar-refractivity contribution in [1.82, 2.24) is 40.3 Å². The second-order valence-corrected chi connectivity index (χ2v) is 9.73. The van der Waals surface area contributed by atoms with Gasteiger partial charge >= 0.3 is 0 Å². The Hall–Kier alpha value is -3.75. The first-order chi connectivity index (χ1) is 17.5. The zero-order chi connectivity index (χ0) is 24.8. The van der Waals surface area contributed by atoms with Gasteiger partial charge in [-0.15, -0.1) is 5.10 Å². The van der Waals surface area contributed by atoms with E-state index in [-0.39, 0.29) is 29.5 Å². The summed E-state index contributed by atoms with van der Waals surface area (Å²) in [7, 11) is 0. The van der Waals surface area contributed by atoms with Crippen molar-refractivity contribution < 1.29 is 9.18 Å². The molecule has 2 aliphatic heterocycles. The number of fused-ring (bicyclic) bond motifs is 2. The fourth-order valence-electron chi connectivity index (χ4n) is 5.87. The highest BCUT2D eigenvalue weighted by molar-refractivity contribution is 5.85. The van der Waals surface area contributed by atoms with Gasteiger partial charge in [0, 0.05) is 51.0 Å². The Bertz CT molecular complexity index is 1350. The summed E-state index contributed by atoms with van der Waals surface area (Å²) in [6, 6.07) is 7.36. The van der Waals surface area contributed by atoms with Crippen LogP contribution < -0.4 is 5.32 Å². The van der Waals surface area contributed by atoms with Crippen molar-refractivity contribution in [1.29, 1.82) is 5.26 Å². The molecule has 2 saturated heterocycles. The molecule has 1 aliphatic carbocycles. The van der Waals surface area contributed by atoms with E-state index in [1.165, 1.54) is 17.1 Å². The quantitative estimate of drug-likeness (QED) is 0.587. The van der Waals surface area contributed by atoms with Gasteiger partial charge in [0.1, 0.15) is 18.2 Å². The highest BCUT2D eigenvalue weighted by atomic mass is 19.1. The molecule has 0 radical (unpaired) electrons. The van der Waals surface area contributed by atoms with Gasteiger partial charge in [0.05, 0.1) is 11.5 Å². The molecule has 1 N–H and O–H groups in total. The Kier molecular flexibility index (Phi) is 5.70. The maximum Gasteiger partial charge on any atom is 0.230 e. The Labute approximate surface area is 207 Å². The molecule has 184 valence electrons. The smallest absolute Gasteiger partial charge is 0.230 e. The number of piperazine rings is 2. The van der Waals surface area contributed by atoms with Crippen LogP contribution in [0.5, 0.6) is 0 Å². The summed E-state index contributed by atoms with van der Waals surface area (Å²) in [5.41, 5.74) is 3.89. The van der Waals surface area contributed by atoms with E-state index < -0.39 is 5.82 Å². The third-order valence-corrected chi connectivity index (χ3v) is 7.85. The molecule has 3 aliphatic rings. The molecular weight excluding hydrogens is 461 g/mol. The van der Waals surface area contributed by atoms with Gasteiger partial charge in [-0.3, -0.25) is 9.69 Å². The van der Waals surface area contributed by atoms with Crippen molar-refractivity contribution in [2.75, 3.05) is 32.7 Å². The highest BCUT2D eigenvalue weighted by Crippen LogP contribution is 2.36. The number of rotatable bonds is 3. The molecule has 6 rings (SSSR count). The van der Waals surface area contributed by atoms with Crippen LogP contribution in [0.4, 0.5) is 4.39 Å². The van der Waals surface area contributed by atoms with E-state index in [0.717, 1.165) is 49.2 Å². The van der Waals surface area contributed by atoms with Crippen molar-refractivity contribution in [3.8, 4) is 11.9 Å². The SMILES string of the molecule is Cc1c([C@@H]2CN3CCN(C(=O)C4CCc5cc(-n6cnnn6)ncc54)C[C@@H]3CN2)ccc(F)c1C#N. The minimum absolute atomic E-state index is 0.0263. The van der Waals surface area contributed by atoms with Crippen LogP contribution in [0.1, 0.15) is 46.2 Å². The number of tetrazole rings is 1. The number of nitrogens with one attached hydrogen (secondary N) is 1. The van der Waals surface area contributed by atoms with Crippen LogP contribution in [0.2, 0.25) is 0 Å². The van der Waals surface area contributed by atoms with E-state index in [1.807, 2.05) is 17.0 Å². The number of aryl methyl sites for hydroxylation is 1. The summed E-state index contributed by atoms with van der Waals surface area (Å²) in [6.07, 6.45) is 4.92. The summed E-state index contributed by atoms with van der Waals surface area (Å²) in [5, 5.41) is 24.1. The van der Waals surface area contributed by atoms with Crippen molar-refractivity contribution in [3.63, 3.8) is 0 Å². The maximum atomic E-state index is 14.0. The predicted molar refractivity (Wildman–Crippen MR) is 127 cm³/mol. The average Bonchev–Trinajstić information content (AvgIpc) is 3.58. The first kappa shape index (κ1) is 22.7. The third kappa shape index (κ3) is 3.83. The number of benzene rings is 1. The summed E-state index contributed by atoms with van der Waals surface area (Å²) in [5.74, 6) is 0.175.